The van der Waals surface area contributed by atoms with Crippen LogP contribution in [0.25, 0.3) is 0 Å². The third-order valence-corrected chi connectivity index (χ3v) is 3.08. The lowest BCUT2D eigenvalue weighted by atomic mass is 10.1. The molecule has 0 aliphatic carbocycles. The van der Waals surface area contributed by atoms with Gasteiger partial charge in [-0.2, -0.15) is 0 Å². The third-order valence-electron chi connectivity index (χ3n) is 3.08. The van der Waals surface area contributed by atoms with E-state index in [2.05, 4.69) is 16.8 Å². The Morgan fingerprint density at radius 3 is 2.48 bits per heavy atom. The molecule has 0 unspecified atom stereocenters. The van der Waals surface area contributed by atoms with Gasteiger partial charge in [0, 0.05) is 28.6 Å². The molecule has 0 fully saturated rings. The van der Waals surface area contributed by atoms with Crippen LogP contribution in [-0.4, -0.2) is 21.7 Å². The van der Waals surface area contributed by atoms with Gasteiger partial charge in [0.2, 0.25) is 0 Å². The van der Waals surface area contributed by atoms with Gasteiger partial charge in [0.15, 0.2) is 0 Å². The standard InChI is InChI=1S/C18H19N3O2/c1-18(2,3)21(17(22)23)16-10-14(11-20-12-16)8-7-13-5-4-6-15(19)9-13/h4-6,9-12H,19H2,1-3H3,(H,22,23). The Bertz CT molecular complexity index is 783. The van der Waals surface area contributed by atoms with Crippen LogP contribution in [0.4, 0.5) is 16.2 Å². The molecule has 1 aromatic carbocycles. The molecule has 2 rings (SSSR count). The topological polar surface area (TPSA) is 79.5 Å². The normalized spacial score (nSPS) is 10.6. The lowest BCUT2D eigenvalue weighted by Gasteiger charge is -2.32. The van der Waals surface area contributed by atoms with Crippen molar-refractivity contribution in [3.8, 4) is 11.8 Å². The number of anilines is 2. The van der Waals surface area contributed by atoms with Crippen LogP contribution in [0.1, 0.15) is 31.9 Å². The molecule has 0 saturated heterocycles. The Kier molecular flexibility index (Phi) is 4.56. The fraction of sp³-hybridized carbons (Fsp3) is 0.222. The van der Waals surface area contributed by atoms with Gasteiger partial charge >= 0.3 is 6.09 Å². The Morgan fingerprint density at radius 1 is 1.17 bits per heavy atom. The van der Waals surface area contributed by atoms with E-state index in [9.17, 15) is 9.90 Å². The van der Waals surface area contributed by atoms with Crippen molar-refractivity contribution in [3.63, 3.8) is 0 Å². The molecular weight excluding hydrogens is 290 g/mol. The number of aromatic nitrogens is 1. The van der Waals surface area contributed by atoms with Crippen LogP contribution >= 0.6 is 0 Å². The number of amides is 1. The number of hydrogen-bond donors (Lipinski definition) is 2. The molecule has 0 aliphatic heterocycles. The fourth-order valence-electron chi connectivity index (χ4n) is 2.16. The van der Waals surface area contributed by atoms with Gasteiger partial charge < -0.3 is 10.8 Å². The number of pyridine rings is 1. The minimum atomic E-state index is -1.03. The summed E-state index contributed by atoms with van der Waals surface area (Å²) in [6.07, 6.45) is 2.09. The van der Waals surface area contributed by atoms with Crippen molar-refractivity contribution < 1.29 is 9.90 Å². The molecule has 2 aromatic rings. The van der Waals surface area contributed by atoms with Crippen LogP contribution in [0, 0.1) is 11.8 Å². The third kappa shape index (κ3) is 4.24. The number of hydrogen-bond acceptors (Lipinski definition) is 3. The van der Waals surface area contributed by atoms with E-state index in [1.54, 1.807) is 24.4 Å². The first-order valence-electron chi connectivity index (χ1n) is 7.13. The summed E-state index contributed by atoms with van der Waals surface area (Å²) in [5, 5.41) is 9.44. The number of rotatable bonds is 1. The lowest BCUT2D eigenvalue weighted by molar-refractivity contribution is 0.195. The maximum atomic E-state index is 11.5. The van der Waals surface area contributed by atoms with Crippen molar-refractivity contribution >= 4 is 17.5 Å². The van der Waals surface area contributed by atoms with E-state index < -0.39 is 11.6 Å². The van der Waals surface area contributed by atoms with E-state index in [0.717, 1.165) is 5.56 Å². The van der Waals surface area contributed by atoms with Crippen LogP contribution in [0.15, 0.2) is 42.7 Å². The molecule has 0 spiro atoms. The zero-order chi connectivity index (χ0) is 17.0. The molecule has 5 heteroatoms. The SMILES string of the molecule is CC(C)(C)N(C(=O)O)c1cncc(C#Cc2cccc(N)c2)c1. The summed E-state index contributed by atoms with van der Waals surface area (Å²) in [4.78, 5) is 16.9. The van der Waals surface area contributed by atoms with Gasteiger partial charge in [-0.25, -0.2) is 4.79 Å². The average Bonchev–Trinajstić information content (AvgIpc) is 2.44. The number of nitrogens with two attached hydrogens (primary N) is 1. The second-order valence-electron chi connectivity index (χ2n) is 6.10. The maximum absolute atomic E-state index is 11.5. The van der Waals surface area contributed by atoms with E-state index in [4.69, 9.17) is 5.73 Å². The molecule has 0 atom stereocenters. The van der Waals surface area contributed by atoms with Crippen molar-refractivity contribution in [3.05, 3.63) is 53.9 Å². The van der Waals surface area contributed by atoms with Gasteiger partial charge in [0.25, 0.3) is 0 Å². The summed E-state index contributed by atoms with van der Waals surface area (Å²) < 4.78 is 0. The van der Waals surface area contributed by atoms with E-state index >= 15 is 0 Å². The molecule has 0 aliphatic rings. The average molecular weight is 309 g/mol. The van der Waals surface area contributed by atoms with Gasteiger partial charge in [-0.3, -0.25) is 9.88 Å². The molecule has 3 N–H and O–H groups in total. The highest BCUT2D eigenvalue weighted by Gasteiger charge is 2.28. The quantitative estimate of drug-likeness (QED) is 0.625. The first-order valence-corrected chi connectivity index (χ1v) is 7.13. The molecule has 0 saturated carbocycles. The minimum Gasteiger partial charge on any atom is -0.465 e. The number of carboxylic acid groups (broad SMARTS) is 1. The minimum absolute atomic E-state index is 0.490. The summed E-state index contributed by atoms with van der Waals surface area (Å²) >= 11 is 0. The number of benzene rings is 1. The van der Waals surface area contributed by atoms with Crippen LogP contribution in [0.2, 0.25) is 0 Å². The van der Waals surface area contributed by atoms with E-state index in [-0.39, 0.29) is 0 Å². The summed E-state index contributed by atoms with van der Waals surface area (Å²) in [7, 11) is 0. The predicted molar refractivity (Wildman–Crippen MR) is 91.3 cm³/mol. The van der Waals surface area contributed by atoms with Crippen LogP contribution in [-0.2, 0) is 0 Å². The molecule has 0 radical (unpaired) electrons. The van der Waals surface area contributed by atoms with E-state index in [0.29, 0.717) is 16.9 Å². The lowest BCUT2D eigenvalue weighted by Crippen LogP contribution is -2.45. The van der Waals surface area contributed by atoms with Crippen molar-refractivity contribution in [1.29, 1.82) is 0 Å². The molecule has 1 heterocycles. The molecule has 1 amide bonds. The predicted octanol–water partition coefficient (Wildman–Crippen LogP) is 3.35. The second kappa shape index (κ2) is 6.41. The molecular formula is C18H19N3O2. The zero-order valence-electron chi connectivity index (χ0n) is 13.4. The van der Waals surface area contributed by atoms with Gasteiger partial charge in [0.1, 0.15) is 0 Å². The maximum Gasteiger partial charge on any atom is 0.412 e. The monoisotopic (exact) mass is 309 g/mol. The first kappa shape index (κ1) is 16.4. The second-order valence-corrected chi connectivity index (χ2v) is 6.10. The highest BCUT2D eigenvalue weighted by Crippen LogP contribution is 2.23. The van der Waals surface area contributed by atoms with Gasteiger partial charge in [0.05, 0.1) is 11.9 Å². The molecule has 1 aromatic heterocycles. The van der Waals surface area contributed by atoms with Crippen LogP contribution in [0.5, 0.6) is 0 Å². The summed E-state index contributed by atoms with van der Waals surface area (Å²) in [5.41, 5.74) is 7.71. The van der Waals surface area contributed by atoms with Crippen molar-refractivity contribution in [1.82, 2.24) is 4.98 Å². The smallest absolute Gasteiger partial charge is 0.412 e. The van der Waals surface area contributed by atoms with Gasteiger partial charge in [-0.15, -0.1) is 0 Å². The highest BCUT2D eigenvalue weighted by molar-refractivity contribution is 5.87. The summed E-state index contributed by atoms with van der Waals surface area (Å²) in [5.74, 6) is 5.99. The van der Waals surface area contributed by atoms with Crippen molar-refractivity contribution in [2.75, 3.05) is 10.6 Å². The number of nitrogens with zero attached hydrogens (tertiary/aromatic N) is 2. The van der Waals surface area contributed by atoms with Gasteiger partial charge in [-0.1, -0.05) is 17.9 Å². The van der Waals surface area contributed by atoms with Crippen molar-refractivity contribution in [2.45, 2.75) is 26.3 Å². The van der Waals surface area contributed by atoms with Crippen LogP contribution < -0.4 is 10.6 Å². The molecule has 5 nitrogen and oxygen atoms in total. The first-order chi connectivity index (χ1) is 10.8. The number of nitrogen functional groups attached to an aromatic ring is 1. The fourth-order valence-corrected chi connectivity index (χ4v) is 2.16. The largest absolute Gasteiger partial charge is 0.465 e. The molecule has 23 heavy (non-hydrogen) atoms. The van der Waals surface area contributed by atoms with E-state index in [1.807, 2.05) is 32.9 Å². The summed E-state index contributed by atoms with van der Waals surface area (Å²) in [6, 6.07) is 8.98. The van der Waals surface area contributed by atoms with Gasteiger partial charge in [-0.05, 0) is 45.0 Å². The summed E-state index contributed by atoms with van der Waals surface area (Å²) in [6.45, 7) is 5.48. The molecule has 118 valence electrons. The Morgan fingerprint density at radius 2 is 1.87 bits per heavy atom. The van der Waals surface area contributed by atoms with Crippen molar-refractivity contribution in [2.24, 2.45) is 0 Å². The Hall–Kier alpha value is -3.00. The Balaban J connectivity index is 2.36. The Labute approximate surface area is 135 Å². The van der Waals surface area contributed by atoms with Crippen LogP contribution in [0.3, 0.4) is 0 Å². The zero-order valence-corrected chi connectivity index (χ0v) is 13.4. The highest BCUT2D eigenvalue weighted by atomic mass is 16.4. The number of carbonyl (C=O) groups is 1. The molecule has 0 bridgehead atoms. The van der Waals surface area contributed by atoms with E-state index in [1.165, 1.54) is 11.1 Å².